The minimum absolute atomic E-state index is 0.0107. The Labute approximate surface area is 748 Å². The summed E-state index contributed by atoms with van der Waals surface area (Å²) >= 11 is 0. The number of rotatable bonds is 37. The highest BCUT2D eigenvalue weighted by atomic mass is 16.6. The van der Waals surface area contributed by atoms with Gasteiger partial charge < -0.3 is 112 Å². The average Bonchev–Trinajstić information content (AvgIpc) is 1.54. The number of Topliss-reactive ketones (excluding diaryl/α,β-unsaturated/α-hetero) is 3. The summed E-state index contributed by atoms with van der Waals surface area (Å²) in [6.07, 6.45) is 12.4. The molecule has 4 fully saturated rings. The molecule has 0 spiro atoms. The summed E-state index contributed by atoms with van der Waals surface area (Å²) in [6.45, 7) is 20.6. The normalized spacial score (nSPS) is 27.1. The van der Waals surface area contributed by atoms with Gasteiger partial charge in [0.1, 0.15) is 71.7 Å². The van der Waals surface area contributed by atoms with Gasteiger partial charge in [0.15, 0.2) is 22.8 Å². The third kappa shape index (κ3) is 29.2. The topological polar surface area (TPSA) is 458 Å². The maximum atomic E-state index is 14.8. The Morgan fingerprint density at radius 2 is 1.33 bits per heavy atom. The molecule has 0 unspecified atom stereocenters. The third-order valence-electron chi connectivity index (χ3n) is 24.3. The number of hydrogen-bond acceptors (Lipinski definition) is 33. The van der Waals surface area contributed by atoms with E-state index >= 15 is 0 Å². The zero-order chi connectivity index (χ0) is 91.7. The first-order valence-corrected chi connectivity index (χ1v) is 44.8. The van der Waals surface area contributed by atoms with Crippen molar-refractivity contribution >= 4 is 81.0 Å². The first-order valence-electron chi connectivity index (χ1n) is 44.8. The minimum Gasteiger partial charge on any atom is -0.460 e. The van der Waals surface area contributed by atoms with Crippen molar-refractivity contribution in [1.29, 1.82) is 0 Å². The lowest BCUT2D eigenvalue weighted by Gasteiger charge is -2.42. The van der Waals surface area contributed by atoms with Gasteiger partial charge in [0.05, 0.1) is 136 Å². The highest BCUT2D eigenvalue weighted by molar-refractivity contribution is 6.39. The second kappa shape index (κ2) is 51.4. The molecule has 5 aromatic rings. The number of ether oxygens (including phenoxy) is 14. The Balaban J connectivity index is 0.550. The number of fused-ring (bicyclic) bond motifs is 5. The van der Waals surface area contributed by atoms with Crippen LogP contribution in [0.1, 0.15) is 132 Å². The van der Waals surface area contributed by atoms with E-state index < -0.39 is 102 Å². The summed E-state index contributed by atoms with van der Waals surface area (Å²) in [5.41, 5.74) is 16.2. The standard InChI is InChI=1S/C91H133N13O24/c1-58-16-12-11-13-17-59(2)73(114-8)53-67-22-19-64(7)91(113,128-67)84(109)87(110)103-27-15-14-18-69(103)88(111)125-74(54-70(105)60(3)49-63(6)82(108)83(116-10)81(107)62(5)48-58)61(4)50-65-20-23-72(75(51-65)115-9)127-90(112)94-26-33-118-35-37-120-39-41-122-43-45-124-47-46-123-44-42-121-40-38-119-36-34-117-32-25-78(106)102-30-28-101(29-31-102)76-55-77(96-56-95-76)104-86-79(85(92)97-57-98-86)80(100-104)66-21-24-71-68(52-66)99-89(93)126-71/h11-13,16-17,21,24,49,52,55-58,60-62,64-65,67,69,72-75,82-83,108,113H,14-15,18-20,22-23,25-48,50-51,53-54H2,1-10H3,(H2,93,99)(H,94,112)(H2,92,97,98)/b13-11+,16-12+,59-17+,63-49+/t58-,60-,61-,62-,64-,65+,67+,69+,72-,73+,74+,75-,82-,83+,91-/m1/s1. The summed E-state index contributed by atoms with van der Waals surface area (Å²) in [5.74, 6) is -7.26. The van der Waals surface area contributed by atoms with Crippen LogP contribution in [0.3, 0.4) is 0 Å². The molecular weight excluding hydrogens is 1660 g/mol. The first-order chi connectivity index (χ1) is 61.8. The number of methoxy groups -OCH3 is 3. The Bertz CT molecular complexity index is 4520. The fraction of sp³-hybridized carbons (Fsp3) is 0.659. The summed E-state index contributed by atoms with van der Waals surface area (Å²) in [7, 11) is 4.48. The number of nitrogen functional groups attached to an aromatic ring is 2. The van der Waals surface area contributed by atoms with Crippen LogP contribution in [0.15, 0.2) is 88.9 Å². The number of hydrogen-bond donors (Lipinski definition) is 5. The van der Waals surface area contributed by atoms with Crippen molar-refractivity contribution in [3.63, 3.8) is 0 Å². The third-order valence-corrected chi connectivity index (χ3v) is 24.3. The average molecular weight is 1790 g/mol. The minimum atomic E-state index is -2.49. The van der Waals surface area contributed by atoms with E-state index in [2.05, 4.69) is 35.1 Å². The van der Waals surface area contributed by atoms with Gasteiger partial charge in [-0.2, -0.15) is 14.8 Å². The van der Waals surface area contributed by atoms with Crippen LogP contribution in [0, 0.1) is 35.5 Å². The van der Waals surface area contributed by atoms with E-state index in [-0.39, 0.29) is 93.1 Å². The lowest BCUT2D eigenvalue weighted by atomic mass is 9.78. The molecule has 3 amide bonds. The summed E-state index contributed by atoms with van der Waals surface area (Å²) in [5, 5.41) is 32.0. The SMILES string of the molecule is CO[C@H]1C[C@@H]2CC[C@@H](C)[C@@](O)(O2)C(=O)C(=O)N2CCCC[C@H]2C(=O)O[C@H]([C@H](C)C[C@@H]2CC[C@@H](OC(=O)NCCOCCOCCOCCOCCOCCOCCOCCOCCC(=O)N3CCN(c4cc(-n5nc(-c6ccc7oc(N)nc7c6)c6c(N)ncnc65)ncn4)CC3)[C@H](OC)C2)CC(=O)[C@H](C)/C=C(\C)[C@@H](O)[C@@H](OC)C(=O)[C@H](C)C[C@H](C)/C=C/C=C/C=C/1C. The molecule has 3 saturated heterocycles. The van der Waals surface area contributed by atoms with Crippen LogP contribution in [0.2, 0.25) is 0 Å². The number of cyclic esters (lactones) is 1. The number of nitrogens with one attached hydrogen (secondary N) is 1. The van der Waals surface area contributed by atoms with E-state index in [1.54, 1.807) is 58.7 Å². The molecule has 4 aromatic heterocycles. The molecule has 0 radical (unpaired) electrons. The predicted molar refractivity (Wildman–Crippen MR) is 471 cm³/mol. The molecule has 15 atom stereocenters. The molecule has 10 rings (SSSR count). The number of benzene rings is 1. The zero-order valence-electron chi connectivity index (χ0n) is 75.8. The van der Waals surface area contributed by atoms with E-state index in [0.29, 0.717) is 227 Å². The maximum absolute atomic E-state index is 14.8. The number of ketones is 3. The van der Waals surface area contributed by atoms with Crippen molar-refractivity contribution in [3.8, 4) is 17.1 Å². The van der Waals surface area contributed by atoms with Crippen LogP contribution >= 0.6 is 0 Å². The van der Waals surface area contributed by atoms with Crippen LogP contribution < -0.4 is 21.7 Å². The van der Waals surface area contributed by atoms with Crippen LogP contribution in [-0.4, -0.2) is 317 Å². The Hall–Kier alpha value is -9.19. The fourth-order valence-electron chi connectivity index (χ4n) is 16.8. The number of esters is 1. The van der Waals surface area contributed by atoms with Crippen molar-refractivity contribution in [2.24, 2.45) is 35.5 Å². The Kier molecular flexibility index (Phi) is 40.6. The summed E-state index contributed by atoms with van der Waals surface area (Å²) < 4.78 is 88.0. The van der Waals surface area contributed by atoms with Crippen molar-refractivity contribution < 1.29 is 115 Å². The van der Waals surface area contributed by atoms with Crippen molar-refractivity contribution in [2.75, 3.05) is 183 Å². The van der Waals surface area contributed by atoms with E-state index in [4.69, 9.17) is 87.3 Å². The molecule has 2 bridgehead atoms. The molecular formula is C91H133N13O24. The quantitative estimate of drug-likeness (QED) is 0.0110. The van der Waals surface area contributed by atoms with Gasteiger partial charge in [-0.15, -0.1) is 0 Å². The smallest absolute Gasteiger partial charge is 0.407 e. The number of anilines is 3. The Morgan fingerprint density at radius 3 is 1.98 bits per heavy atom. The van der Waals surface area contributed by atoms with Gasteiger partial charge in [-0.1, -0.05) is 71.1 Å². The lowest BCUT2D eigenvalue weighted by molar-refractivity contribution is -0.265. The number of oxazole rings is 1. The number of carbonyl (C=O) groups excluding carboxylic acids is 7. The van der Waals surface area contributed by atoms with E-state index in [1.807, 2.05) is 74.3 Å². The number of nitrogens with two attached hydrogens (primary N) is 2. The molecule has 5 aliphatic rings. The molecule has 4 aliphatic heterocycles. The van der Waals surface area contributed by atoms with Crippen molar-refractivity contribution in [1.82, 2.24) is 49.8 Å². The maximum Gasteiger partial charge on any atom is 0.407 e. The number of aromatic nitrogens is 7. The second-order valence-electron chi connectivity index (χ2n) is 33.6. The number of piperidine rings is 1. The molecule has 1 aliphatic carbocycles. The van der Waals surface area contributed by atoms with Gasteiger partial charge in [-0.05, 0) is 125 Å². The Morgan fingerprint density at radius 1 is 0.680 bits per heavy atom. The predicted octanol–water partition coefficient (Wildman–Crippen LogP) is 7.68. The molecule has 128 heavy (non-hydrogen) atoms. The highest BCUT2D eigenvalue weighted by Gasteiger charge is 2.53. The second-order valence-corrected chi connectivity index (χ2v) is 33.6. The van der Waals surface area contributed by atoms with Crippen molar-refractivity contribution in [2.45, 2.75) is 186 Å². The molecule has 1 saturated carbocycles. The van der Waals surface area contributed by atoms with Crippen LogP contribution in [0.25, 0.3) is 39.2 Å². The number of nitrogens with zero attached hydrogens (tertiary/aromatic N) is 10. The monoisotopic (exact) mass is 1790 g/mol. The highest BCUT2D eigenvalue weighted by Crippen LogP contribution is 2.40. The number of alkyl carbamates (subject to hydrolysis) is 1. The van der Waals surface area contributed by atoms with Crippen LogP contribution in [-0.2, 0) is 95.1 Å². The summed E-state index contributed by atoms with van der Waals surface area (Å²) in [6, 6.07) is 6.09. The van der Waals surface area contributed by atoms with Crippen LogP contribution in [0.5, 0.6) is 0 Å². The number of allylic oxidation sites excluding steroid dienone is 6. The molecule has 37 heteroatoms. The number of amides is 3. The van der Waals surface area contributed by atoms with Gasteiger partial charge in [0.2, 0.25) is 11.7 Å². The van der Waals surface area contributed by atoms with E-state index in [1.165, 1.54) is 24.7 Å². The number of aliphatic hydroxyl groups excluding tert-OH is 1. The molecule has 7 N–H and O–H groups in total. The van der Waals surface area contributed by atoms with Crippen molar-refractivity contribution in [3.05, 3.63) is 84.5 Å². The molecule has 8 heterocycles. The van der Waals surface area contributed by atoms with Gasteiger partial charge >= 0.3 is 12.1 Å². The number of aliphatic hydroxyl groups is 2. The largest absolute Gasteiger partial charge is 0.460 e. The zero-order valence-corrected chi connectivity index (χ0v) is 75.8. The lowest BCUT2D eigenvalue weighted by Crippen LogP contribution is -2.61. The molecule has 706 valence electrons. The van der Waals surface area contributed by atoms with Gasteiger partial charge in [-0.25, -0.2) is 29.5 Å². The van der Waals surface area contributed by atoms with Gasteiger partial charge in [-0.3, -0.25) is 24.0 Å². The number of piperazine rings is 1. The first kappa shape index (κ1) is 101. The van der Waals surface area contributed by atoms with Crippen LogP contribution in [0.4, 0.5) is 22.4 Å². The molecule has 37 nitrogen and oxygen atoms in total. The summed E-state index contributed by atoms with van der Waals surface area (Å²) in [4.78, 5) is 126. The fourth-order valence-corrected chi connectivity index (χ4v) is 16.8. The van der Waals surface area contributed by atoms with E-state index in [0.717, 1.165) is 5.57 Å². The van der Waals surface area contributed by atoms with Gasteiger partial charge in [0, 0.05) is 103 Å². The van der Waals surface area contributed by atoms with Gasteiger partial charge in [0.25, 0.3) is 17.7 Å². The molecule has 1 aromatic carbocycles. The van der Waals surface area contributed by atoms with E-state index in [9.17, 15) is 43.8 Å². The number of carbonyl (C=O) groups is 7.